The molecule has 2 rings (SSSR count). The number of benzene rings is 1. The van der Waals surface area contributed by atoms with Crippen LogP contribution in [0.2, 0.25) is 0 Å². The Balaban J connectivity index is 2.42. The van der Waals surface area contributed by atoms with E-state index in [2.05, 4.69) is 36.5 Å². The van der Waals surface area contributed by atoms with Crippen LogP contribution in [0.1, 0.15) is 30.2 Å². The molecule has 0 bridgehead atoms. The van der Waals surface area contributed by atoms with Gasteiger partial charge in [0.05, 0.1) is 18.8 Å². The van der Waals surface area contributed by atoms with E-state index in [1.807, 2.05) is 7.05 Å². The van der Waals surface area contributed by atoms with E-state index in [-0.39, 0.29) is 6.10 Å². The zero-order valence-electron chi connectivity index (χ0n) is 8.08. The van der Waals surface area contributed by atoms with Crippen molar-refractivity contribution in [3.8, 4) is 0 Å². The maximum atomic E-state index is 5.65. The third-order valence-corrected chi connectivity index (χ3v) is 2.67. The first-order valence-corrected chi connectivity index (χ1v) is 4.70. The summed E-state index contributed by atoms with van der Waals surface area (Å²) in [4.78, 5) is 0. The molecule has 2 nitrogen and oxygen atoms in total. The highest BCUT2D eigenvalue weighted by Gasteiger charge is 2.23. The van der Waals surface area contributed by atoms with Gasteiger partial charge >= 0.3 is 0 Å². The molecular formula is C11H15NO. The second-order valence-electron chi connectivity index (χ2n) is 3.45. The summed E-state index contributed by atoms with van der Waals surface area (Å²) in [7, 11) is 1.97. The van der Waals surface area contributed by atoms with Crippen molar-refractivity contribution in [1.82, 2.24) is 5.32 Å². The van der Waals surface area contributed by atoms with Crippen LogP contribution < -0.4 is 5.32 Å². The molecule has 2 atom stereocenters. The first-order valence-electron chi connectivity index (χ1n) is 4.70. The van der Waals surface area contributed by atoms with E-state index in [4.69, 9.17) is 4.74 Å². The van der Waals surface area contributed by atoms with Crippen LogP contribution in [-0.4, -0.2) is 13.7 Å². The molecule has 70 valence electrons. The Kier molecular flexibility index (Phi) is 2.34. The van der Waals surface area contributed by atoms with Crippen molar-refractivity contribution in [2.24, 2.45) is 0 Å². The van der Waals surface area contributed by atoms with Gasteiger partial charge in [-0.25, -0.2) is 0 Å². The summed E-state index contributed by atoms with van der Waals surface area (Å²) in [6.45, 7) is 2.87. The van der Waals surface area contributed by atoms with Gasteiger partial charge in [-0.05, 0) is 25.1 Å². The molecule has 1 aromatic rings. The van der Waals surface area contributed by atoms with Gasteiger partial charge in [0.1, 0.15) is 0 Å². The number of nitrogens with one attached hydrogen (secondary N) is 1. The van der Waals surface area contributed by atoms with Gasteiger partial charge in [0.2, 0.25) is 0 Å². The lowest BCUT2D eigenvalue weighted by Crippen LogP contribution is -2.28. The van der Waals surface area contributed by atoms with Gasteiger partial charge in [0, 0.05) is 0 Å². The van der Waals surface area contributed by atoms with Crippen LogP contribution in [0.25, 0.3) is 0 Å². The lowest BCUT2D eigenvalue weighted by Gasteiger charge is -2.29. The predicted molar refractivity (Wildman–Crippen MR) is 52.6 cm³/mol. The second kappa shape index (κ2) is 3.48. The molecule has 0 saturated heterocycles. The minimum atomic E-state index is 0.237. The molecule has 2 heteroatoms. The first-order chi connectivity index (χ1) is 6.33. The summed E-state index contributed by atoms with van der Waals surface area (Å²) >= 11 is 0. The molecule has 1 aliphatic rings. The molecule has 0 saturated carbocycles. The third kappa shape index (κ3) is 1.47. The minimum Gasteiger partial charge on any atom is -0.372 e. The third-order valence-electron chi connectivity index (χ3n) is 2.67. The molecule has 1 aromatic carbocycles. The summed E-state index contributed by atoms with van der Waals surface area (Å²) in [6, 6.07) is 8.82. The molecule has 1 N–H and O–H groups in total. The van der Waals surface area contributed by atoms with E-state index in [0.29, 0.717) is 6.04 Å². The van der Waals surface area contributed by atoms with Crippen molar-refractivity contribution < 1.29 is 4.74 Å². The molecule has 0 radical (unpaired) electrons. The fourth-order valence-electron chi connectivity index (χ4n) is 1.86. The Labute approximate surface area is 78.9 Å². The number of hydrogen-bond acceptors (Lipinski definition) is 2. The molecule has 1 unspecified atom stereocenters. The number of likely N-dealkylation sites (N-methyl/N-ethyl adjacent to an activating group) is 1. The fraction of sp³-hybridized carbons (Fsp3) is 0.455. The van der Waals surface area contributed by atoms with Crippen LogP contribution in [-0.2, 0) is 4.74 Å². The van der Waals surface area contributed by atoms with Gasteiger partial charge in [-0.15, -0.1) is 0 Å². The van der Waals surface area contributed by atoms with Gasteiger partial charge in [-0.1, -0.05) is 24.3 Å². The van der Waals surface area contributed by atoms with E-state index in [1.54, 1.807) is 0 Å². The van der Waals surface area contributed by atoms with Gasteiger partial charge in [-0.2, -0.15) is 0 Å². The first kappa shape index (κ1) is 8.73. The van der Waals surface area contributed by atoms with Crippen molar-refractivity contribution in [3.05, 3.63) is 35.4 Å². The second-order valence-corrected chi connectivity index (χ2v) is 3.45. The lowest BCUT2D eigenvalue weighted by molar-refractivity contribution is 0.0346. The monoisotopic (exact) mass is 177 g/mol. The van der Waals surface area contributed by atoms with Gasteiger partial charge in [-0.3, -0.25) is 0 Å². The highest BCUT2D eigenvalue weighted by molar-refractivity contribution is 5.33. The van der Waals surface area contributed by atoms with Crippen LogP contribution >= 0.6 is 0 Å². The molecule has 0 aromatic heterocycles. The van der Waals surface area contributed by atoms with Crippen LogP contribution in [0.3, 0.4) is 0 Å². The summed E-state index contributed by atoms with van der Waals surface area (Å²) in [6.07, 6.45) is 0.237. The molecule has 0 spiro atoms. The van der Waals surface area contributed by atoms with Crippen LogP contribution in [0.15, 0.2) is 24.3 Å². The van der Waals surface area contributed by atoms with Gasteiger partial charge in [0.25, 0.3) is 0 Å². The Morgan fingerprint density at radius 3 is 2.69 bits per heavy atom. The van der Waals surface area contributed by atoms with Crippen molar-refractivity contribution in [2.75, 3.05) is 13.7 Å². The average Bonchev–Trinajstić information content (AvgIpc) is 2.19. The van der Waals surface area contributed by atoms with Crippen LogP contribution in [0.4, 0.5) is 0 Å². The van der Waals surface area contributed by atoms with Crippen molar-refractivity contribution in [2.45, 2.75) is 19.1 Å². The summed E-state index contributed by atoms with van der Waals surface area (Å²) in [5.74, 6) is 0. The lowest BCUT2D eigenvalue weighted by atomic mass is 9.95. The fourth-order valence-corrected chi connectivity index (χ4v) is 1.86. The molecule has 0 aliphatic carbocycles. The zero-order chi connectivity index (χ0) is 9.26. The largest absolute Gasteiger partial charge is 0.372 e. The Morgan fingerprint density at radius 1 is 1.31 bits per heavy atom. The molecule has 13 heavy (non-hydrogen) atoms. The molecular weight excluding hydrogens is 162 g/mol. The molecule has 0 fully saturated rings. The van der Waals surface area contributed by atoms with E-state index < -0.39 is 0 Å². The number of fused-ring (bicyclic) bond motifs is 1. The SMILES string of the molecule is CNC1CO[C@@H](C)c2ccccc21. The smallest absolute Gasteiger partial charge is 0.0801 e. The quantitative estimate of drug-likeness (QED) is 0.708. The van der Waals surface area contributed by atoms with Gasteiger partial charge in [0.15, 0.2) is 0 Å². The van der Waals surface area contributed by atoms with E-state index in [0.717, 1.165) is 6.61 Å². The maximum Gasteiger partial charge on any atom is 0.0801 e. The maximum absolute atomic E-state index is 5.65. The highest BCUT2D eigenvalue weighted by Crippen LogP contribution is 2.31. The van der Waals surface area contributed by atoms with Crippen LogP contribution in [0.5, 0.6) is 0 Å². The summed E-state index contributed by atoms with van der Waals surface area (Å²) in [5, 5.41) is 3.26. The van der Waals surface area contributed by atoms with Crippen molar-refractivity contribution in [1.29, 1.82) is 0 Å². The minimum absolute atomic E-state index is 0.237. The molecule has 1 heterocycles. The Bertz CT molecular complexity index is 298. The molecule has 0 amide bonds. The number of ether oxygens (including phenoxy) is 1. The summed E-state index contributed by atoms with van der Waals surface area (Å²) in [5.41, 5.74) is 2.69. The highest BCUT2D eigenvalue weighted by atomic mass is 16.5. The van der Waals surface area contributed by atoms with Crippen molar-refractivity contribution in [3.63, 3.8) is 0 Å². The zero-order valence-corrected chi connectivity index (χ0v) is 8.08. The predicted octanol–water partition coefficient (Wildman–Crippen LogP) is 2.04. The Morgan fingerprint density at radius 2 is 2.00 bits per heavy atom. The standard InChI is InChI=1S/C11H15NO/c1-8-9-5-3-4-6-10(9)11(12-2)7-13-8/h3-6,8,11-12H,7H2,1-2H3/t8-,11?/m0/s1. The van der Waals surface area contributed by atoms with E-state index in [9.17, 15) is 0 Å². The van der Waals surface area contributed by atoms with Gasteiger partial charge < -0.3 is 10.1 Å². The Hall–Kier alpha value is -0.860. The number of hydrogen-bond donors (Lipinski definition) is 1. The summed E-state index contributed by atoms with van der Waals surface area (Å²) < 4.78 is 5.65. The van der Waals surface area contributed by atoms with Crippen LogP contribution in [0, 0.1) is 0 Å². The number of rotatable bonds is 1. The average molecular weight is 177 g/mol. The van der Waals surface area contributed by atoms with E-state index in [1.165, 1.54) is 11.1 Å². The van der Waals surface area contributed by atoms with Crippen molar-refractivity contribution >= 4 is 0 Å². The topological polar surface area (TPSA) is 21.3 Å². The normalized spacial score (nSPS) is 26.9. The molecule has 1 aliphatic heterocycles. The van der Waals surface area contributed by atoms with E-state index >= 15 is 0 Å².